The van der Waals surface area contributed by atoms with Gasteiger partial charge in [0.05, 0.1) is 45.6 Å². The largest absolute Gasteiger partial charge is 0.223 e. The van der Waals surface area contributed by atoms with E-state index in [4.69, 9.17) is 39.9 Å². The summed E-state index contributed by atoms with van der Waals surface area (Å²) in [6.45, 7) is 0. The van der Waals surface area contributed by atoms with E-state index in [1.165, 1.54) is 48.5 Å². The number of fused-ring (bicyclic) bond motifs is 8. The summed E-state index contributed by atoms with van der Waals surface area (Å²) in [4.78, 5) is 39.9. The number of nitrogens with zero attached hydrogens (tertiary/aromatic N) is 8. The molecule has 0 saturated heterocycles. The molecular formula is C46H20F4N8. The molecule has 272 valence electrons. The molecule has 2 aliphatic rings. The molecule has 0 N–H and O–H groups in total. The van der Waals surface area contributed by atoms with Crippen molar-refractivity contribution in [1.82, 2.24) is 39.9 Å². The Morgan fingerprint density at radius 3 is 0.621 bits per heavy atom. The van der Waals surface area contributed by atoms with Crippen molar-refractivity contribution in [2.45, 2.75) is 0 Å². The minimum atomic E-state index is -0.391. The average Bonchev–Trinajstić information content (AvgIpc) is 3.73. The molecule has 4 heterocycles. The van der Waals surface area contributed by atoms with Gasteiger partial charge in [0.2, 0.25) is 0 Å². The van der Waals surface area contributed by atoms with Crippen LogP contribution in [0.1, 0.15) is 0 Å². The fourth-order valence-corrected chi connectivity index (χ4v) is 8.04. The molecule has 12 rings (SSSR count). The Balaban J connectivity index is 1.04. The summed E-state index contributed by atoms with van der Waals surface area (Å²) in [6, 6.07) is 31.7. The van der Waals surface area contributed by atoms with Gasteiger partial charge < -0.3 is 0 Å². The third kappa shape index (κ3) is 4.75. The lowest BCUT2D eigenvalue weighted by Gasteiger charge is -2.11. The summed E-state index contributed by atoms with van der Waals surface area (Å²) in [6.07, 6.45) is 0. The zero-order valence-electron chi connectivity index (χ0n) is 29.6. The van der Waals surface area contributed by atoms with Crippen molar-refractivity contribution in [2.24, 2.45) is 0 Å². The van der Waals surface area contributed by atoms with Crippen molar-refractivity contribution < 1.29 is 17.6 Å². The van der Waals surface area contributed by atoms with E-state index in [-0.39, 0.29) is 0 Å². The molecule has 10 aromatic rings. The Hall–Kier alpha value is -7.86. The van der Waals surface area contributed by atoms with Crippen LogP contribution in [0.5, 0.6) is 0 Å². The van der Waals surface area contributed by atoms with Crippen molar-refractivity contribution in [3.05, 3.63) is 145 Å². The van der Waals surface area contributed by atoms with Crippen LogP contribution in [0.2, 0.25) is 0 Å². The van der Waals surface area contributed by atoms with Gasteiger partial charge in [-0.15, -0.1) is 0 Å². The zero-order chi connectivity index (χ0) is 38.8. The third-order valence-corrected chi connectivity index (χ3v) is 10.7. The van der Waals surface area contributed by atoms with Crippen LogP contribution in [0.25, 0.3) is 123 Å². The Morgan fingerprint density at radius 2 is 0.414 bits per heavy atom. The molecule has 0 saturated carbocycles. The van der Waals surface area contributed by atoms with Crippen molar-refractivity contribution in [3.63, 3.8) is 0 Å². The van der Waals surface area contributed by atoms with Crippen LogP contribution in [-0.2, 0) is 0 Å². The molecule has 0 aliphatic heterocycles. The normalized spacial score (nSPS) is 12.1. The molecule has 0 unspecified atom stereocenters. The Morgan fingerprint density at radius 1 is 0.224 bits per heavy atom. The van der Waals surface area contributed by atoms with Crippen molar-refractivity contribution >= 4 is 33.4 Å². The quantitative estimate of drug-likeness (QED) is 0.163. The second kappa shape index (κ2) is 11.8. The molecule has 0 fully saturated rings. The van der Waals surface area contributed by atoms with Gasteiger partial charge in [-0.3, -0.25) is 0 Å². The second-order valence-corrected chi connectivity index (χ2v) is 14.1. The minimum Gasteiger partial charge on any atom is -0.223 e. The molecule has 58 heavy (non-hydrogen) atoms. The first-order chi connectivity index (χ1) is 28.3. The SMILES string of the molecule is Fc1ccc(-c2nc3nc4c(nc3nc2-c2ccc(F)cc2)-c2ccc3c5c(ccc-4c25)-c2nc4nc(-c5ccc(F)cc5)c(-c5ccc(F)cc5)nc4nc2-3)cc1. The highest BCUT2D eigenvalue weighted by atomic mass is 19.1. The summed E-state index contributed by atoms with van der Waals surface area (Å²) < 4.78 is 55.9. The van der Waals surface area contributed by atoms with Gasteiger partial charge in [0.1, 0.15) is 23.3 Å². The number of halogens is 4. The first-order valence-electron chi connectivity index (χ1n) is 18.2. The van der Waals surface area contributed by atoms with Crippen LogP contribution in [0, 0.1) is 23.3 Å². The first kappa shape index (κ1) is 32.4. The van der Waals surface area contributed by atoms with Crippen LogP contribution >= 0.6 is 0 Å². The summed E-state index contributed by atoms with van der Waals surface area (Å²) >= 11 is 0. The molecule has 12 heteroatoms. The summed E-state index contributed by atoms with van der Waals surface area (Å²) in [7, 11) is 0. The minimum absolute atomic E-state index is 0.299. The van der Waals surface area contributed by atoms with E-state index < -0.39 is 23.3 Å². The van der Waals surface area contributed by atoms with Crippen LogP contribution in [0.15, 0.2) is 121 Å². The van der Waals surface area contributed by atoms with Crippen LogP contribution < -0.4 is 0 Å². The summed E-state index contributed by atoms with van der Waals surface area (Å²) in [5.41, 5.74) is 11.5. The second-order valence-electron chi connectivity index (χ2n) is 14.1. The Kier molecular flexibility index (Phi) is 6.60. The molecule has 0 spiro atoms. The Bertz CT molecular complexity index is 2960. The third-order valence-electron chi connectivity index (χ3n) is 10.7. The van der Waals surface area contributed by atoms with E-state index in [0.717, 1.165) is 33.0 Å². The van der Waals surface area contributed by atoms with Crippen molar-refractivity contribution in [3.8, 4) is 90.1 Å². The lowest BCUT2D eigenvalue weighted by atomic mass is 9.99. The lowest BCUT2D eigenvalue weighted by molar-refractivity contribution is 0.627. The lowest BCUT2D eigenvalue weighted by Crippen LogP contribution is -2.01. The fraction of sp³-hybridized carbons (Fsp3) is 0. The fourth-order valence-electron chi connectivity index (χ4n) is 8.04. The van der Waals surface area contributed by atoms with Gasteiger partial charge >= 0.3 is 0 Å². The number of rotatable bonds is 4. The number of benzene rings is 6. The van der Waals surface area contributed by atoms with E-state index in [9.17, 15) is 17.6 Å². The molecule has 0 bridgehead atoms. The van der Waals surface area contributed by atoms with E-state index in [1.54, 1.807) is 48.5 Å². The average molecular weight is 761 g/mol. The van der Waals surface area contributed by atoms with E-state index >= 15 is 0 Å². The molecule has 6 aromatic carbocycles. The van der Waals surface area contributed by atoms with E-state index in [1.807, 2.05) is 24.3 Å². The zero-order valence-corrected chi connectivity index (χ0v) is 29.6. The summed E-state index contributed by atoms with van der Waals surface area (Å²) in [5, 5.41) is 1.86. The predicted molar refractivity (Wildman–Crippen MR) is 212 cm³/mol. The van der Waals surface area contributed by atoms with Crippen molar-refractivity contribution in [1.29, 1.82) is 0 Å². The van der Waals surface area contributed by atoms with Crippen molar-refractivity contribution in [2.75, 3.05) is 0 Å². The highest BCUT2D eigenvalue weighted by Gasteiger charge is 2.34. The maximum atomic E-state index is 14.0. The topological polar surface area (TPSA) is 103 Å². The van der Waals surface area contributed by atoms with Gasteiger partial charge in [-0.2, -0.15) is 0 Å². The standard InChI is InChI=1S/C46H20F4N8/c47-25-9-1-21(2-10-25)35-36(22-3-11-26(48)12-4-22)52-44-43(51-35)55-39-29-17-18-31-34-32(20-19-30(33(29)34)40(39)56-44)42-41(31)57-45-46(58-42)54-38(24-7-15-28(50)16-8-24)37(53-45)23-5-13-27(49)14-6-23/h1-20H. The van der Waals surface area contributed by atoms with Crippen LogP contribution in [0.4, 0.5) is 17.6 Å². The predicted octanol–water partition coefficient (Wildman–Crippen LogP) is 10.8. The molecular weight excluding hydrogens is 741 g/mol. The summed E-state index contributed by atoms with van der Waals surface area (Å²) in [5.74, 6) is -1.56. The molecule has 2 aliphatic carbocycles. The number of hydrogen-bond donors (Lipinski definition) is 0. The molecule has 8 nitrogen and oxygen atoms in total. The monoisotopic (exact) mass is 760 g/mol. The number of hydrogen-bond acceptors (Lipinski definition) is 8. The smallest absolute Gasteiger partial charge is 0.199 e. The highest BCUT2D eigenvalue weighted by molar-refractivity contribution is 6.25. The molecule has 0 radical (unpaired) electrons. The van der Waals surface area contributed by atoms with Gasteiger partial charge in [0, 0.05) is 55.3 Å². The first-order valence-corrected chi connectivity index (χ1v) is 18.2. The Labute approximate surface area is 324 Å². The van der Waals surface area contributed by atoms with Gasteiger partial charge in [0.15, 0.2) is 22.6 Å². The number of aromatic nitrogens is 8. The molecule has 4 aromatic heterocycles. The van der Waals surface area contributed by atoms with Gasteiger partial charge in [-0.1, -0.05) is 24.3 Å². The molecule has 0 atom stereocenters. The van der Waals surface area contributed by atoms with Crippen LogP contribution in [-0.4, -0.2) is 39.9 Å². The van der Waals surface area contributed by atoms with Gasteiger partial charge in [0.25, 0.3) is 0 Å². The highest BCUT2D eigenvalue weighted by Crippen LogP contribution is 2.54. The van der Waals surface area contributed by atoms with Gasteiger partial charge in [-0.25, -0.2) is 57.4 Å². The van der Waals surface area contributed by atoms with Gasteiger partial charge in [-0.05, 0) is 97.1 Å². The maximum absolute atomic E-state index is 14.0. The van der Waals surface area contributed by atoms with Crippen LogP contribution in [0.3, 0.4) is 0 Å². The molecule has 0 amide bonds. The van der Waals surface area contributed by atoms with E-state index in [0.29, 0.717) is 90.4 Å². The maximum Gasteiger partial charge on any atom is 0.199 e. The van der Waals surface area contributed by atoms with E-state index in [2.05, 4.69) is 0 Å².